The lowest BCUT2D eigenvalue weighted by atomic mass is 9.71. The largest absolute Gasteiger partial charge is 0.478 e. The highest BCUT2D eigenvalue weighted by Crippen LogP contribution is 2.40. The first-order valence-electron chi connectivity index (χ1n) is 16.7. The van der Waals surface area contributed by atoms with Crippen LogP contribution in [0.5, 0.6) is 0 Å². The third-order valence-electron chi connectivity index (χ3n) is 10.2. The normalized spacial score (nSPS) is 19.2. The van der Waals surface area contributed by atoms with Crippen molar-refractivity contribution < 1.29 is 14.7 Å². The number of carboxylic acids is 1. The molecule has 6 rings (SSSR count). The van der Waals surface area contributed by atoms with Gasteiger partial charge in [0, 0.05) is 18.0 Å². The highest BCUT2D eigenvalue weighted by atomic mass is 16.4. The van der Waals surface area contributed by atoms with Crippen molar-refractivity contribution in [3.63, 3.8) is 0 Å². The molecule has 230 valence electrons. The molecule has 4 aromatic rings. The van der Waals surface area contributed by atoms with Crippen LogP contribution in [0.25, 0.3) is 27.8 Å². The Kier molecular flexibility index (Phi) is 9.15. The zero-order valence-electron chi connectivity index (χ0n) is 26.1. The van der Waals surface area contributed by atoms with Crippen LogP contribution < -0.4 is 5.32 Å². The summed E-state index contributed by atoms with van der Waals surface area (Å²) in [6.07, 6.45) is 13.9. The van der Waals surface area contributed by atoms with Gasteiger partial charge >= 0.3 is 5.97 Å². The number of hydrogen-bond acceptors (Lipinski definition) is 3. The smallest absolute Gasteiger partial charge is 0.336 e. The van der Waals surface area contributed by atoms with Crippen LogP contribution in [0.1, 0.15) is 99.3 Å². The molecule has 2 fully saturated rings. The molecule has 3 aromatic carbocycles. The summed E-state index contributed by atoms with van der Waals surface area (Å²) in [5.41, 5.74) is 5.85. The van der Waals surface area contributed by atoms with E-state index in [0.29, 0.717) is 16.7 Å². The lowest BCUT2D eigenvalue weighted by Crippen LogP contribution is -2.30. The number of aromatic nitrogens is 2. The molecule has 2 aliphatic rings. The van der Waals surface area contributed by atoms with E-state index in [0.717, 1.165) is 77.7 Å². The van der Waals surface area contributed by atoms with E-state index in [2.05, 4.69) is 16.8 Å². The number of carbonyl (C=O) groups excluding carboxylic acids is 1. The first-order chi connectivity index (χ1) is 21.4. The zero-order valence-corrected chi connectivity index (χ0v) is 26.1. The molecule has 0 atom stereocenters. The summed E-state index contributed by atoms with van der Waals surface area (Å²) in [4.78, 5) is 31.0. The molecule has 0 unspecified atom stereocenters. The molecule has 0 radical (unpaired) electrons. The van der Waals surface area contributed by atoms with Gasteiger partial charge in [-0.05, 0) is 91.8 Å². The molecule has 1 heterocycles. The van der Waals surface area contributed by atoms with Crippen LogP contribution in [0.4, 0.5) is 5.69 Å². The van der Waals surface area contributed by atoms with Crippen LogP contribution in [0.2, 0.25) is 0 Å². The van der Waals surface area contributed by atoms with Gasteiger partial charge in [-0.2, -0.15) is 0 Å². The zero-order chi connectivity index (χ0) is 30.6. The Morgan fingerprint density at radius 2 is 1.64 bits per heavy atom. The number of fused-ring (bicyclic) bond motifs is 1. The molecule has 6 nitrogen and oxygen atoms in total. The lowest BCUT2D eigenvalue weighted by molar-refractivity contribution is -0.121. The van der Waals surface area contributed by atoms with Crippen LogP contribution in [0, 0.1) is 24.7 Å². The molecule has 0 saturated heterocycles. The van der Waals surface area contributed by atoms with Crippen molar-refractivity contribution in [1.29, 1.82) is 0 Å². The number of benzene rings is 3. The van der Waals surface area contributed by atoms with Crippen molar-refractivity contribution in [2.24, 2.45) is 17.8 Å². The van der Waals surface area contributed by atoms with Crippen LogP contribution in [0.3, 0.4) is 0 Å². The number of aryl methyl sites for hydroxylation is 1. The minimum atomic E-state index is -0.950. The average molecular weight is 592 g/mol. The maximum Gasteiger partial charge on any atom is 0.336 e. The number of unbranched alkanes of at least 4 members (excludes halogenated alkanes) is 1. The van der Waals surface area contributed by atoms with E-state index >= 15 is 0 Å². The molecule has 2 aliphatic carbocycles. The second-order valence-corrected chi connectivity index (χ2v) is 13.0. The van der Waals surface area contributed by atoms with Crippen molar-refractivity contribution >= 4 is 28.6 Å². The first-order valence-corrected chi connectivity index (χ1v) is 16.7. The Hall–Kier alpha value is -3.93. The third-order valence-corrected chi connectivity index (χ3v) is 10.2. The van der Waals surface area contributed by atoms with Crippen molar-refractivity contribution in [3.05, 3.63) is 77.6 Å². The summed E-state index contributed by atoms with van der Waals surface area (Å²) in [5, 5.41) is 13.6. The molecule has 6 heteroatoms. The van der Waals surface area contributed by atoms with Gasteiger partial charge in [-0.3, -0.25) is 9.36 Å². The Bertz CT molecular complexity index is 1630. The van der Waals surface area contributed by atoms with Gasteiger partial charge in [-0.25, -0.2) is 9.78 Å². The fourth-order valence-corrected chi connectivity index (χ4v) is 7.75. The first kappa shape index (κ1) is 30.1. The number of rotatable bonds is 9. The summed E-state index contributed by atoms with van der Waals surface area (Å²) in [5.74, 6) is 1.77. The number of hydrogen-bond donors (Lipinski definition) is 2. The van der Waals surface area contributed by atoms with Gasteiger partial charge in [0.15, 0.2) is 0 Å². The minimum absolute atomic E-state index is 0.0569. The second kappa shape index (κ2) is 13.4. The van der Waals surface area contributed by atoms with Gasteiger partial charge in [0.1, 0.15) is 5.82 Å². The van der Waals surface area contributed by atoms with Gasteiger partial charge < -0.3 is 10.4 Å². The number of aromatic carboxylic acids is 1. The Morgan fingerprint density at radius 1 is 0.909 bits per heavy atom. The van der Waals surface area contributed by atoms with E-state index in [1.807, 2.05) is 67.6 Å². The molecule has 0 spiro atoms. The van der Waals surface area contributed by atoms with Crippen LogP contribution in [-0.2, 0) is 11.2 Å². The standard InChI is InChI=1S/C38H45N3O3/c1-3-4-15-35-40-32-22-20-30(39-37(42)29-18-16-27(17-19-29)26-11-7-5-8-12-26)24-34(32)41(35)33-23-21-31(28-13-9-6-10-14-28)36(25(33)2)38(43)44/h6,9-10,13-14,20-24,26-27,29H,3-5,7-8,11-12,15-19H2,1-2H3,(H,39,42)(H,43,44). The highest BCUT2D eigenvalue weighted by Gasteiger charge is 2.31. The summed E-state index contributed by atoms with van der Waals surface area (Å²) in [6.45, 7) is 4.04. The van der Waals surface area contributed by atoms with Crippen LogP contribution in [-0.4, -0.2) is 26.5 Å². The number of imidazole rings is 1. The second-order valence-electron chi connectivity index (χ2n) is 13.0. The van der Waals surface area contributed by atoms with E-state index in [4.69, 9.17) is 4.98 Å². The number of nitrogens with one attached hydrogen (secondary N) is 1. The molecule has 1 aromatic heterocycles. The predicted molar refractivity (Wildman–Crippen MR) is 177 cm³/mol. The maximum atomic E-state index is 13.4. The van der Waals surface area contributed by atoms with Gasteiger partial charge in [0.2, 0.25) is 5.91 Å². The molecule has 2 N–H and O–H groups in total. The lowest BCUT2D eigenvalue weighted by Gasteiger charge is -2.35. The Labute approximate surface area is 260 Å². The van der Waals surface area contributed by atoms with Crippen LogP contribution in [0.15, 0.2) is 60.7 Å². The number of carboxylic acid groups (broad SMARTS) is 1. The van der Waals surface area contributed by atoms with Crippen molar-refractivity contribution in [2.75, 3.05) is 5.32 Å². The minimum Gasteiger partial charge on any atom is -0.478 e. The van der Waals surface area contributed by atoms with Crippen molar-refractivity contribution in [1.82, 2.24) is 9.55 Å². The van der Waals surface area contributed by atoms with Crippen molar-refractivity contribution in [2.45, 2.75) is 90.9 Å². The quantitative estimate of drug-likeness (QED) is 0.203. The van der Waals surface area contributed by atoms with Gasteiger partial charge in [0.25, 0.3) is 0 Å². The van der Waals surface area contributed by atoms with Gasteiger partial charge in [0.05, 0.1) is 22.3 Å². The SMILES string of the molecule is CCCCc1nc2ccc(NC(=O)C3CCC(C4CCCCC4)CC3)cc2n1-c1ccc(-c2ccccc2)c(C(=O)O)c1C. The summed E-state index contributed by atoms with van der Waals surface area (Å²) < 4.78 is 2.10. The topological polar surface area (TPSA) is 84.2 Å². The maximum absolute atomic E-state index is 13.4. The van der Waals surface area contributed by atoms with E-state index in [-0.39, 0.29) is 11.8 Å². The fraction of sp³-hybridized carbons (Fsp3) is 0.447. The number of amides is 1. The van der Waals surface area contributed by atoms with E-state index in [1.54, 1.807) is 0 Å². The van der Waals surface area contributed by atoms with E-state index in [9.17, 15) is 14.7 Å². The van der Waals surface area contributed by atoms with Crippen LogP contribution >= 0.6 is 0 Å². The Morgan fingerprint density at radius 3 is 2.34 bits per heavy atom. The molecule has 44 heavy (non-hydrogen) atoms. The Balaban J connectivity index is 1.30. The summed E-state index contributed by atoms with van der Waals surface area (Å²) in [6, 6.07) is 19.5. The molecule has 0 aliphatic heterocycles. The van der Waals surface area contributed by atoms with E-state index < -0.39 is 5.97 Å². The fourth-order valence-electron chi connectivity index (χ4n) is 7.75. The molecular formula is C38H45N3O3. The molecular weight excluding hydrogens is 546 g/mol. The number of anilines is 1. The van der Waals surface area contributed by atoms with E-state index in [1.165, 1.54) is 44.9 Å². The summed E-state index contributed by atoms with van der Waals surface area (Å²) in [7, 11) is 0. The van der Waals surface area contributed by atoms with Gasteiger partial charge in [-0.1, -0.05) is 81.8 Å². The highest BCUT2D eigenvalue weighted by molar-refractivity contribution is 5.99. The van der Waals surface area contributed by atoms with Gasteiger partial charge in [-0.15, -0.1) is 0 Å². The number of nitrogens with zero attached hydrogens (tertiary/aromatic N) is 2. The monoisotopic (exact) mass is 591 g/mol. The molecule has 1 amide bonds. The molecule has 2 saturated carbocycles. The number of carbonyl (C=O) groups is 2. The predicted octanol–water partition coefficient (Wildman–Crippen LogP) is 9.37. The third kappa shape index (κ3) is 6.17. The molecule has 0 bridgehead atoms. The average Bonchev–Trinajstić information content (AvgIpc) is 3.41. The summed E-state index contributed by atoms with van der Waals surface area (Å²) >= 11 is 0. The van der Waals surface area contributed by atoms with Crippen molar-refractivity contribution in [3.8, 4) is 16.8 Å².